The number of fused-ring (bicyclic) bond motifs is 2. The largest absolute Gasteiger partial charge is 0.507 e. The van der Waals surface area contributed by atoms with Crippen molar-refractivity contribution in [1.29, 1.82) is 0 Å². The summed E-state index contributed by atoms with van der Waals surface area (Å²) in [5.41, 5.74) is -0.885. The number of phenolic OH excluding ortho intramolecular Hbond substituents is 2. The van der Waals surface area contributed by atoms with Gasteiger partial charge in [-0.3, -0.25) is 24.1 Å². The van der Waals surface area contributed by atoms with Gasteiger partial charge in [0, 0.05) is 112 Å². The summed E-state index contributed by atoms with van der Waals surface area (Å²) < 4.78 is 30.3. The molecule has 2 aromatic carbocycles. The van der Waals surface area contributed by atoms with Gasteiger partial charge in [0.05, 0.1) is 42.1 Å². The number of β-amino-alcohol motifs (C(OH)–C–C–N with tert-alkyl or cyclic N) is 1. The topological polar surface area (TPSA) is 251 Å². The highest BCUT2D eigenvalue weighted by Crippen LogP contribution is 2.51. The van der Waals surface area contributed by atoms with Gasteiger partial charge in [-0.1, -0.05) is 45.9 Å². The van der Waals surface area contributed by atoms with Crippen molar-refractivity contribution >= 4 is 50.9 Å². The number of esters is 1. The fourth-order valence-electron chi connectivity index (χ4n) is 9.43. The Morgan fingerprint density at radius 3 is 2.33 bits per heavy atom. The summed E-state index contributed by atoms with van der Waals surface area (Å²) in [4.78, 5) is 65.0. The molecule has 67 heavy (non-hydrogen) atoms. The summed E-state index contributed by atoms with van der Waals surface area (Å²) in [6.07, 6.45) is 3.40. The van der Waals surface area contributed by atoms with Gasteiger partial charge in [0.1, 0.15) is 40.3 Å². The number of carbonyl (C=O) groups excluding carboxylic acids is 3. The second-order valence-electron chi connectivity index (χ2n) is 18.1. The Hall–Kier alpha value is -6.05. The van der Waals surface area contributed by atoms with Gasteiger partial charge in [0.25, 0.3) is 11.7 Å². The Morgan fingerprint density at radius 1 is 0.970 bits per heavy atom. The minimum absolute atomic E-state index is 0.0163. The van der Waals surface area contributed by atoms with Crippen molar-refractivity contribution in [2.45, 2.75) is 85.6 Å². The fraction of sp³-hybridized carbons (Fsp3) is 0.490. The molecule has 0 unspecified atom stereocenters. The maximum atomic E-state index is 14.8. The predicted molar refractivity (Wildman–Crippen MR) is 248 cm³/mol. The van der Waals surface area contributed by atoms with Crippen LogP contribution >= 0.6 is 0 Å². The van der Waals surface area contributed by atoms with Gasteiger partial charge in [-0.15, -0.1) is 0 Å². The number of phenols is 2. The molecule has 7 rings (SSSR count). The van der Waals surface area contributed by atoms with Crippen LogP contribution in [-0.2, 0) is 23.8 Å². The highest BCUT2D eigenvalue weighted by atomic mass is 16.7. The lowest BCUT2D eigenvalue weighted by Crippen LogP contribution is -2.47. The van der Waals surface area contributed by atoms with Crippen molar-refractivity contribution < 1.29 is 63.3 Å². The number of amides is 1. The van der Waals surface area contributed by atoms with E-state index in [4.69, 9.17) is 28.3 Å². The summed E-state index contributed by atoms with van der Waals surface area (Å²) in [5.74, 6) is -7.99. The van der Waals surface area contributed by atoms with Gasteiger partial charge in [0.2, 0.25) is 5.43 Å². The first kappa shape index (κ1) is 48.9. The van der Waals surface area contributed by atoms with Crippen LogP contribution in [0, 0.1) is 30.6 Å². The third-order valence-corrected chi connectivity index (χ3v) is 13.6. The number of anilines is 2. The predicted octanol–water partition coefficient (Wildman–Crippen LogP) is 4.77. The Morgan fingerprint density at radius 2 is 1.67 bits per heavy atom. The Labute approximate surface area is 387 Å². The molecule has 9 atom stereocenters. The number of hydrogen-bond acceptors (Lipinski definition) is 17. The van der Waals surface area contributed by atoms with Crippen molar-refractivity contribution in [3.05, 3.63) is 69.6 Å². The second-order valence-corrected chi connectivity index (χ2v) is 18.1. The lowest BCUT2D eigenvalue weighted by atomic mass is 9.78. The van der Waals surface area contributed by atoms with Crippen LogP contribution in [0.1, 0.15) is 64.4 Å². The molecule has 5 aliphatic rings. The average molecular weight is 929 g/mol. The maximum Gasteiger partial charge on any atom is 0.312 e. The highest BCUT2D eigenvalue weighted by molar-refractivity contribution is 6.22. The molecule has 4 heterocycles. The lowest BCUT2D eigenvalue weighted by molar-refractivity contribution is -0.160. The SMILES string of the molecule is CO[C@H]1/C=C/O[C@@]2(C)Oc3c(C)c(O)c4c(=O)c(c5oc6cc(N7CCN(CCO)CC7)cc(O)c6nc-5c4c3C2=O)NC(=O)/C(C)=C\C=C\[C@H](C)[C@H](O)[C@@H](C)[C@@H](O)[C@@H](C)[C@H](OC(C)=O)[C@@H]1C. The minimum Gasteiger partial charge on any atom is -0.507 e. The van der Waals surface area contributed by atoms with Gasteiger partial charge in [-0.25, -0.2) is 4.98 Å². The van der Waals surface area contributed by atoms with E-state index in [1.54, 1.807) is 45.9 Å². The fourth-order valence-corrected chi connectivity index (χ4v) is 9.43. The van der Waals surface area contributed by atoms with Crippen LogP contribution in [-0.4, -0.2) is 130 Å². The molecule has 6 N–H and O–H groups in total. The van der Waals surface area contributed by atoms with E-state index in [1.807, 2.05) is 4.90 Å². The van der Waals surface area contributed by atoms with Gasteiger partial charge in [-0.05, 0) is 19.9 Å². The Balaban J connectivity index is 1.43. The molecule has 1 aliphatic carbocycles. The molecule has 18 heteroatoms. The number of aromatic nitrogens is 1. The van der Waals surface area contributed by atoms with Gasteiger partial charge >= 0.3 is 11.8 Å². The van der Waals surface area contributed by atoms with E-state index >= 15 is 0 Å². The molecule has 1 amide bonds. The first-order chi connectivity index (χ1) is 31.7. The highest BCUT2D eigenvalue weighted by Gasteiger charge is 2.50. The molecule has 4 bridgehead atoms. The number of benzene rings is 3. The molecule has 18 nitrogen and oxygen atoms in total. The van der Waals surface area contributed by atoms with E-state index in [2.05, 4.69) is 10.2 Å². The first-order valence-electron chi connectivity index (χ1n) is 22.4. The number of nitrogens with zero attached hydrogens (tertiary/aromatic N) is 3. The first-order valence-corrected chi connectivity index (χ1v) is 22.4. The lowest BCUT2D eigenvalue weighted by Gasteiger charge is -2.38. The summed E-state index contributed by atoms with van der Waals surface area (Å²) in [5, 5.41) is 58.0. The van der Waals surface area contributed by atoms with Gasteiger partial charge in [0.15, 0.2) is 11.3 Å². The number of rotatable bonds is 5. The number of nitrogens with one attached hydrogen (secondary N) is 1. The zero-order chi connectivity index (χ0) is 48.8. The zero-order valence-electron chi connectivity index (χ0n) is 39.2. The monoisotopic (exact) mass is 928 g/mol. The number of allylic oxidation sites excluding steroid dienone is 2. The maximum absolute atomic E-state index is 14.8. The molecule has 360 valence electrons. The molecule has 0 spiro atoms. The number of aliphatic hydroxyl groups is 3. The Kier molecular flexibility index (Phi) is 14.1. The number of ketones is 1. The molecule has 4 aliphatic heterocycles. The second kappa shape index (κ2) is 19.3. The number of aromatic hydroxyl groups is 2. The average Bonchev–Trinajstić information content (AvgIpc) is 3.56. The van der Waals surface area contributed by atoms with Gasteiger partial charge < -0.3 is 59.1 Å². The molecule has 2 aromatic rings. The molecular weight excluding hydrogens is 869 g/mol. The van der Waals surface area contributed by atoms with Crippen molar-refractivity contribution in [3.63, 3.8) is 0 Å². The molecule has 0 saturated carbocycles. The molecule has 1 saturated heterocycles. The summed E-state index contributed by atoms with van der Waals surface area (Å²) >= 11 is 0. The van der Waals surface area contributed by atoms with Crippen molar-refractivity contribution in [3.8, 4) is 28.7 Å². The third-order valence-electron chi connectivity index (χ3n) is 13.6. The van der Waals surface area contributed by atoms with Crippen molar-refractivity contribution in [1.82, 2.24) is 9.88 Å². The number of piperazine rings is 1. The quantitative estimate of drug-likeness (QED) is 0.0896. The summed E-state index contributed by atoms with van der Waals surface area (Å²) in [7, 11) is 1.43. The Bertz CT molecular complexity index is 2700. The third kappa shape index (κ3) is 9.07. The minimum atomic E-state index is -2.09. The van der Waals surface area contributed by atoms with Crippen LogP contribution < -0.4 is 20.4 Å². The number of methoxy groups -OCH3 is 1. The standard InChI is InChI=1S/C49H60N4O14/c1-23-11-10-12-24(2)48(62)51-39-43(60)35-34(38-46(39)66-33-22-30(21-31(56)37(33)50-38)53-16-14-52(15-17-53)18-19-54)36-45(28(6)42(35)59)67-49(8,47(36)61)64-20-13-32(63-9)25(3)44(65-29(7)55)27(5)41(58)26(4)40(23)57/h10-13,20-23,25-27,32,40-41,44,54,56-59H,14-19H2,1-9H3,(H,51,62)/b11-10+,20-13+,24-12-/t23-,25+,26+,27+,32-,40-,41+,44+,49-/m0/s1. The number of aliphatic hydroxyl groups excluding tert-OH is 3. The van der Waals surface area contributed by atoms with Crippen LogP contribution in [0.25, 0.3) is 33.3 Å². The molecule has 0 aromatic heterocycles. The van der Waals surface area contributed by atoms with Crippen LogP contribution in [0.15, 0.2) is 57.5 Å². The van der Waals surface area contributed by atoms with Crippen LogP contribution in [0.2, 0.25) is 0 Å². The molecule has 0 radical (unpaired) electrons. The number of carbonyl (C=O) groups is 3. The van der Waals surface area contributed by atoms with E-state index in [0.717, 1.165) is 0 Å². The molecular formula is C49H60N4O14. The summed E-state index contributed by atoms with van der Waals surface area (Å²) in [6.45, 7) is 15.5. The zero-order valence-corrected chi connectivity index (χ0v) is 39.2. The molecule has 1 fully saturated rings. The summed E-state index contributed by atoms with van der Waals surface area (Å²) in [6, 6.07) is 3.18. The number of ether oxygens (including phenoxy) is 4. The number of hydrogen-bond donors (Lipinski definition) is 6. The van der Waals surface area contributed by atoms with E-state index in [-0.39, 0.29) is 68.1 Å². The number of Topliss-reactive ketones (excluding diaryl/α,β-unsaturated/α-hetero) is 1. The van der Waals surface area contributed by atoms with E-state index in [1.165, 1.54) is 59.3 Å². The van der Waals surface area contributed by atoms with Crippen molar-refractivity contribution in [2.24, 2.45) is 23.7 Å². The van der Waals surface area contributed by atoms with Crippen LogP contribution in [0.3, 0.4) is 0 Å². The van der Waals surface area contributed by atoms with Gasteiger partial charge in [-0.2, -0.15) is 0 Å². The van der Waals surface area contributed by atoms with E-state index in [9.17, 15) is 44.7 Å². The van der Waals surface area contributed by atoms with Crippen molar-refractivity contribution in [2.75, 3.05) is 56.7 Å². The van der Waals surface area contributed by atoms with Crippen LogP contribution in [0.4, 0.5) is 11.4 Å². The van der Waals surface area contributed by atoms with E-state index in [0.29, 0.717) is 38.4 Å². The smallest absolute Gasteiger partial charge is 0.312 e. The van der Waals surface area contributed by atoms with Crippen LogP contribution in [0.5, 0.6) is 17.2 Å². The van der Waals surface area contributed by atoms with E-state index < -0.39 is 88.4 Å². The normalized spacial score (nSPS) is 29.7.